The van der Waals surface area contributed by atoms with Gasteiger partial charge in [-0.15, -0.1) is 0 Å². The molecule has 0 atom stereocenters. The second-order valence-electron chi connectivity index (χ2n) is 11.6. The molecule has 0 unspecified atom stereocenters. The summed E-state index contributed by atoms with van der Waals surface area (Å²) in [4.78, 5) is 0. The zero-order valence-electron chi connectivity index (χ0n) is 23.7. The van der Waals surface area contributed by atoms with Crippen molar-refractivity contribution in [2.75, 3.05) is 0 Å². The lowest BCUT2D eigenvalue weighted by molar-refractivity contribution is 0.613. The Bertz CT molecular complexity index is 2720. The van der Waals surface area contributed by atoms with Gasteiger partial charge in [0.05, 0.1) is 6.26 Å². The number of furan rings is 2. The van der Waals surface area contributed by atoms with Gasteiger partial charge < -0.3 is 8.83 Å². The third-order valence-electron chi connectivity index (χ3n) is 9.31. The molecule has 10 rings (SSSR count). The first-order valence-electron chi connectivity index (χ1n) is 15.0. The lowest BCUT2D eigenvalue weighted by Crippen LogP contribution is -1.92. The molecule has 10 aromatic rings. The summed E-state index contributed by atoms with van der Waals surface area (Å²) < 4.78 is 12.1. The molecule has 0 fully saturated rings. The van der Waals surface area contributed by atoms with E-state index in [0.29, 0.717) is 0 Å². The van der Waals surface area contributed by atoms with Crippen molar-refractivity contribution in [2.45, 2.75) is 0 Å². The molecule has 0 bridgehead atoms. The summed E-state index contributed by atoms with van der Waals surface area (Å²) in [7, 11) is 0. The molecule has 204 valence electrons. The SMILES string of the molecule is c1ccc2c(c1)cc(-c1c3ccccc3c(-c3cccc4oc5cc6occc6cc5c34)c3ccccc13)c1ccccc12. The molecule has 2 heteroatoms. The quantitative estimate of drug-likeness (QED) is 0.155. The molecular formula is C42H24O2. The summed E-state index contributed by atoms with van der Waals surface area (Å²) >= 11 is 0. The van der Waals surface area contributed by atoms with E-state index in [-0.39, 0.29) is 0 Å². The second-order valence-corrected chi connectivity index (χ2v) is 11.6. The Morgan fingerprint density at radius 2 is 0.955 bits per heavy atom. The van der Waals surface area contributed by atoms with E-state index in [2.05, 4.69) is 127 Å². The normalized spacial score (nSPS) is 12.1. The fraction of sp³-hybridized carbons (Fsp3) is 0. The van der Waals surface area contributed by atoms with Crippen molar-refractivity contribution >= 4 is 76.0 Å². The maximum atomic E-state index is 6.44. The maximum Gasteiger partial charge on any atom is 0.139 e. The number of rotatable bonds is 2. The minimum Gasteiger partial charge on any atom is -0.464 e. The van der Waals surface area contributed by atoms with Crippen molar-refractivity contribution in [1.29, 1.82) is 0 Å². The Labute approximate surface area is 252 Å². The van der Waals surface area contributed by atoms with Crippen LogP contribution in [0, 0.1) is 0 Å². The van der Waals surface area contributed by atoms with Crippen LogP contribution in [0.4, 0.5) is 0 Å². The van der Waals surface area contributed by atoms with Crippen LogP contribution >= 0.6 is 0 Å². The molecule has 0 spiro atoms. The Morgan fingerprint density at radius 3 is 1.68 bits per heavy atom. The molecule has 44 heavy (non-hydrogen) atoms. The van der Waals surface area contributed by atoms with Crippen LogP contribution in [0.25, 0.3) is 98.3 Å². The van der Waals surface area contributed by atoms with Gasteiger partial charge in [0, 0.05) is 22.2 Å². The number of benzene rings is 8. The van der Waals surface area contributed by atoms with Crippen molar-refractivity contribution in [1.82, 2.24) is 0 Å². The van der Waals surface area contributed by atoms with E-state index < -0.39 is 0 Å². The summed E-state index contributed by atoms with van der Waals surface area (Å²) in [5, 5.41) is 13.3. The third kappa shape index (κ3) is 3.20. The summed E-state index contributed by atoms with van der Waals surface area (Å²) in [5.74, 6) is 0. The van der Waals surface area contributed by atoms with Crippen LogP contribution in [-0.4, -0.2) is 0 Å². The fourth-order valence-electron chi connectivity index (χ4n) is 7.46. The van der Waals surface area contributed by atoms with Crippen LogP contribution in [0.3, 0.4) is 0 Å². The highest BCUT2D eigenvalue weighted by Crippen LogP contribution is 2.48. The lowest BCUT2D eigenvalue weighted by Gasteiger charge is -2.20. The van der Waals surface area contributed by atoms with Gasteiger partial charge in [-0.3, -0.25) is 0 Å². The van der Waals surface area contributed by atoms with E-state index >= 15 is 0 Å². The van der Waals surface area contributed by atoms with Crippen LogP contribution in [0.5, 0.6) is 0 Å². The number of fused-ring (bicyclic) bond motifs is 9. The summed E-state index contributed by atoms with van der Waals surface area (Å²) in [6, 6.07) is 50.3. The van der Waals surface area contributed by atoms with Gasteiger partial charge in [-0.1, -0.05) is 109 Å². The standard InChI is InChI=1S/C42H24O2/c1-2-11-27-25(10-1)22-35(29-13-4-3-12-28(27)29)41-32-16-7-5-14-30(32)40(31-15-6-8-17-33(31)41)34-18-9-19-37-42(34)36-23-26-20-21-43-38(26)24-39(36)44-37/h1-24H. The lowest BCUT2D eigenvalue weighted by atomic mass is 9.83. The zero-order chi connectivity index (χ0) is 28.8. The number of hydrogen-bond acceptors (Lipinski definition) is 2. The minimum absolute atomic E-state index is 0.834. The van der Waals surface area contributed by atoms with Gasteiger partial charge in [-0.05, 0) is 89.6 Å². The van der Waals surface area contributed by atoms with Crippen LogP contribution < -0.4 is 0 Å². The molecule has 0 amide bonds. The molecule has 8 aromatic carbocycles. The largest absolute Gasteiger partial charge is 0.464 e. The highest BCUT2D eigenvalue weighted by molar-refractivity contribution is 6.28. The molecule has 0 saturated carbocycles. The van der Waals surface area contributed by atoms with Gasteiger partial charge in [0.2, 0.25) is 0 Å². The van der Waals surface area contributed by atoms with E-state index in [1.54, 1.807) is 6.26 Å². The van der Waals surface area contributed by atoms with Gasteiger partial charge in [-0.2, -0.15) is 0 Å². The first-order valence-corrected chi connectivity index (χ1v) is 15.0. The molecule has 2 heterocycles. The average molecular weight is 561 g/mol. The summed E-state index contributed by atoms with van der Waals surface area (Å²) in [6.45, 7) is 0. The highest BCUT2D eigenvalue weighted by Gasteiger charge is 2.21. The topological polar surface area (TPSA) is 26.3 Å². The predicted octanol–water partition coefficient (Wildman–Crippen LogP) is 12.3. The van der Waals surface area contributed by atoms with E-state index in [1.807, 2.05) is 12.1 Å². The highest BCUT2D eigenvalue weighted by atomic mass is 16.3. The zero-order valence-corrected chi connectivity index (χ0v) is 23.7. The Hall–Kier alpha value is -5.86. The second kappa shape index (κ2) is 8.82. The molecule has 0 aliphatic rings. The maximum absolute atomic E-state index is 6.44. The van der Waals surface area contributed by atoms with Crippen molar-refractivity contribution in [3.63, 3.8) is 0 Å². The van der Waals surface area contributed by atoms with E-state index in [9.17, 15) is 0 Å². The van der Waals surface area contributed by atoms with Crippen molar-refractivity contribution < 1.29 is 8.83 Å². The van der Waals surface area contributed by atoms with E-state index in [0.717, 1.165) is 32.9 Å². The third-order valence-corrected chi connectivity index (χ3v) is 9.31. The minimum atomic E-state index is 0.834. The van der Waals surface area contributed by atoms with Crippen molar-refractivity contribution in [3.8, 4) is 22.3 Å². The average Bonchev–Trinajstić information content (AvgIpc) is 3.69. The summed E-state index contributed by atoms with van der Waals surface area (Å²) in [5.41, 5.74) is 7.47. The van der Waals surface area contributed by atoms with Crippen LogP contribution in [-0.2, 0) is 0 Å². The fourth-order valence-corrected chi connectivity index (χ4v) is 7.46. The molecule has 2 nitrogen and oxygen atoms in total. The molecule has 0 saturated heterocycles. The predicted molar refractivity (Wildman–Crippen MR) is 184 cm³/mol. The Kier molecular flexibility index (Phi) is 4.75. The molecule has 0 aliphatic heterocycles. The molecule has 2 aromatic heterocycles. The van der Waals surface area contributed by atoms with Crippen molar-refractivity contribution in [3.05, 3.63) is 146 Å². The van der Waals surface area contributed by atoms with Crippen LogP contribution in [0.2, 0.25) is 0 Å². The molecular weight excluding hydrogens is 536 g/mol. The van der Waals surface area contributed by atoms with Gasteiger partial charge in [0.25, 0.3) is 0 Å². The van der Waals surface area contributed by atoms with E-state index in [1.165, 1.54) is 65.3 Å². The monoisotopic (exact) mass is 560 g/mol. The molecule has 0 radical (unpaired) electrons. The first-order chi connectivity index (χ1) is 21.8. The van der Waals surface area contributed by atoms with Gasteiger partial charge in [0.15, 0.2) is 0 Å². The van der Waals surface area contributed by atoms with Gasteiger partial charge in [-0.25, -0.2) is 0 Å². The smallest absolute Gasteiger partial charge is 0.139 e. The molecule has 0 aliphatic carbocycles. The van der Waals surface area contributed by atoms with Crippen LogP contribution in [0.15, 0.2) is 155 Å². The van der Waals surface area contributed by atoms with E-state index in [4.69, 9.17) is 8.83 Å². The molecule has 0 N–H and O–H groups in total. The number of hydrogen-bond donors (Lipinski definition) is 0. The van der Waals surface area contributed by atoms with Crippen molar-refractivity contribution in [2.24, 2.45) is 0 Å². The van der Waals surface area contributed by atoms with Crippen LogP contribution in [0.1, 0.15) is 0 Å². The first kappa shape index (κ1) is 23.7. The Balaban J connectivity index is 1.39. The van der Waals surface area contributed by atoms with Gasteiger partial charge >= 0.3 is 0 Å². The Morgan fingerprint density at radius 1 is 0.341 bits per heavy atom. The summed E-state index contributed by atoms with van der Waals surface area (Å²) in [6.07, 6.45) is 1.74. The van der Waals surface area contributed by atoms with Gasteiger partial charge in [0.1, 0.15) is 16.7 Å².